The second kappa shape index (κ2) is 8.86. The lowest BCUT2D eigenvalue weighted by molar-refractivity contribution is -0.122. The maximum atomic E-state index is 11.5. The summed E-state index contributed by atoms with van der Waals surface area (Å²) in [6.45, 7) is 2.09. The Hall–Kier alpha value is -1.46. The van der Waals surface area contributed by atoms with Crippen LogP contribution in [0.2, 0.25) is 0 Å². The molecule has 0 bridgehead atoms. The monoisotopic (exact) mass is 328 g/mol. The molecular formula is C16H25ClN2O3. The van der Waals surface area contributed by atoms with Gasteiger partial charge in [0, 0.05) is 6.54 Å². The van der Waals surface area contributed by atoms with E-state index < -0.39 is 6.04 Å². The van der Waals surface area contributed by atoms with Crippen LogP contribution < -0.4 is 20.5 Å². The Kier molecular flexibility index (Phi) is 7.48. The van der Waals surface area contributed by atoms with Crippen molar-refractivity contribution in [2.24, 2.45) is 5.73 Å². The smallest absolute Gasteiger partial charge is 0.236 e. The Morgan fingerprint density at radius 2 is 2.05 bits per heavy atom. The summed E-state index contributed by atoms with van der Waals surface area (Å²) >= 11 is 0. The fraction of sp³-hybridized carbons (Fsp3) is 0.562. The molecule has 124 valence electrons. The fourth-order valence-corrected chi connectivity index (χ4v) is 2.46. The third kappa shape index (κ3) is 5.07. The van der Waals surface area contributed by atoms with Crippen molar-refractivity contribution >= 4 is 18.3 Å². The quantitative estimate of drug-likeness (QED) is 0.841. The van der Waals surface area contributed by atoms with Gasteiger partial charge in [0.25, 0.3) is 0 Å². The van der Waals surface area contributed by atoms with Gasteiger partial charge in [-0.2, -0.15) is 0 Å². The number of nitrogens with two attached hydrogens (primary N) is 1. The maximum absolute atomic E-state index is 11.5. The van der Waals surface area contributed by atoms with Gasteiger partial charge in [0.2, 0.25) is 5.91 Å². The van der Waals surface area contributed by atoms with E-state index in [1.807, 2.05) is 18.2 Å². The van der Waals surface area contributed by atoms with Gasteiger partial charge >= 0.3 is 0 Å². The minimum Gasteiger partial charge on any atom is -0.493 e. The lowest BCUT2D eigenvalue weighted by Gasteiger charge is -2.17. The van der Waals surface area contributed by atoms with Crippen LogP contribution >= 0.6 is 12.4 Å². The number of ether oxygens (including phenoxy) is 2. The summed E-state index contributed by atoms with van der Waals surface area (Å²) in [6, 6.07) is 5.24. The molecule has 0 aromatic heterocycles. The van der Waals surface area contributed by atoms with Crippen molar-refractivity contribution in [3.8, 4) is 11.5 Å². The summed E-state index contributed by atoms with van der Waals surface area (Å²) in [5, 5.41) is 2.78. The number of nitrogens with one attached hydrogen (secondary N) is 1. The van der Waals surface area contributed by atoms with Crippen LogP contribution in [-0.4, -0.2) is 25.2 Å². The normalized spacial score (nSPS) is 15.8. The molecule has 0 saturated heterocycles. The van der Waals surface area contributed by atoms with E-state index in [1.54, 1.807) is 14.0 Å². The van der Waals surface area contributed by atoms with Crippen LogP contribution in [0, 0.1) is 0 Å². The predicted octanol–water partition coefficient (Wildman–Crippen LogP) is 2.40. The van der Waals surface area contributed by atoms with E-state index in [-0.39, 0.29) is 18.3 Å². The Balaban J connectivity index is 0.00000242. The lowest BCUT2D eigenvalue weighted by Crippen LogP contribution is -2.37. The number of carbonyl (C=O) groups is 1. The third-order valence-electron chi connectivity index (χ3n) is 3.70. The molecule has 5 nitrogen and oxygen atoms in total. The number of carbonyl (C=O) groups excluding carboxylic acids is 1. The lowest BCUT2D eigenvalue weighted by atomic mass is 10.2. The highest BCUT2D eigenvalue weighted by Gasteiger charge is 2.18. The molecule has 1 aromatic carbocycles. The van der Waals surface area contributed by atoms with Crippen LogP contribution in [-0.2, 0) is 11.3 Å². The van der Waals surface area contributed by atoms with Crippen molar-refractivity contribution in [3.63, 3.8) is 0 Å². The molecule has 1 fully saturated rings. The molecule has 6 heteroatoms. The first-order valence-corrected chi connectivity index (χ1v) is 7.47. The summed E-state index contributed by atoms with van der Waals surface area (Å²) in [5.74, 6) is 1.31. The van der Waals surface area contributed by atoms with Crippen molar-refractivity contribution in [3.05, 3.63) is 23.8 Å². The number of hydrogen-bond donors (Lipinski definition) is 2. The molecule has 1 aromatic rings. The standard InChI is InChI=1S/C16H24N2O3.ClH/c1-11(17)16(19)18-10-12-7-8-14(15(9-12)20-2)21-13-5-3-4-6-13;/h7-9,11,13H,3-6,10,17H2,1-2H3,(H,18,19);1H/t11-;/m1./s1. The SMILES string of the molecule is COc1cc(CNC(=O)[C@@H](C)N)ccc1OC1CCCC1.Cl. The molecule has 1 aliphatic rings. The van der Waals surface area contributed by atoms with Gasteiger partial charge in [0.1, 0.15) is 0 Å². The topological polar surface area (TPSA) is 73.6 Å². The second-order valence-corrected chi connectivity index (χ2v) is 5.52. The average Bonchev–Trinajstić information content (AvgIpc) is 2.98. The Morgan fingerprint density at radius 1 is 1.36 bits per heavy atom. The summed E-state index contributed by atoms with van der Waals surface area (Å²) < 4.78 is 11.4. The van der Waals surface area contributed by atoms with Crippen LogP contribution in [0.4, 0.5) is 0 Å². The molecule has 0 aliphatic heterocycles. The number of benzene rings is 1. The summed E-state index contributed by atoms with van der Waals surface area (Å²) in [6.07, 6.45) is 4.97. The van der Waals surface area contributed by atoms with Crippen molar-refractivity contribution in [1.82, 2.24) is 5.32 Å². The van der Waals surface area contributed by atoms with Gasteiger partial charge in [-0.25, -0.2) is 0 Å². The van der Waals surface area contributed by atoms with Crippen LogP contribution in [0.25, 0.3) is 0 Å². The van der Waals surface area contributed by atoms with Gasteiger partial charge in [-0.1, -0.05) is 6.07 Å². The molecule has 0 heterocycles. The number of methoxy groups -OCH3 is 1. The molecular weight excluding hydrogens is 304 g/mol. The number of hydrogen-bond acceptors (Lipinski definition) is 4. The van der Waals surface area contributed by atoms with E-state index in [1.165, 1.54) is 12.8 Å². The molecule has 22 heavy (non-hydrogen) atoms. The molecule has 0 spiro atoms. The molecule has 0 unspecified atom stereocenters. The first-order valence-electron chi connectivity index (χ1n) is 7.47. The van der Waals surface area contributed by atoms with Gasteiger partial charge in [0.15, 0.2) is 11.5 Å². The van der Waals surface area contributed by atoms with Gasteiger partial charge in [0.05, 0.1) is 19.3 Å². The minimum atomic E-state index is -0.503. The van der Waals surface area contributed by atoms with E-state index in [9.17, 15) is 4.79 Å². The van der Waals surface area contributed by atoms with Crippen molar-refractivity contribution in [2.45, 2.75) is 51.3 Å². The first-order chi connectivity index (χ1) is 10.1. The highest BCUT2D eigenvalue weighted by Crippen LogP contribution is 2.32. The third-order valence-corrected chi connectivity index (χ3v) is 3.70. The summed E-state index contributed by atoms with van der Waals surface area (Å²) in [7, 11) is 1.63. The maximum Gasteiger partial charge on any atom is 0.236 e. The highest BCUT2D eigenvalue weighted by atomic mass is 35.5. The molecule has 1 atom stereocenters. The van der Waals surface area contributed by atoms with E-state index in [0.717, 1.165) is 24.2 Å². The Morgan fingerprint density at radius 3 is 2.64 bits per heavy atom. The highest BCUT2D eigenvalue weighted by molar-refractivity contribution is 5.85. The average molecular weight is 329 g/mol. The molecule has 3 N–H and O–H groups in total. The molecule has 1 saturated carbocycles. The van der Waals surface area contributed by atoms with Crippen LogP contribution in [0.15, 0.2) is 18.2 Å². The Labute approximate surface area is 138 Å². The molecule has 1 aliphatic carbocycles. The first kappa shape index (κ1) is 18.6. The minimum absolute atomic E-state index is 0. The van der Waals surface area contributed by atoms with Crippen LogP contribution in [0.5, 0.6) is 11.5 Å². The van der Waals surface area contributed by atoms with E-state index in [0.29, 0.717) is 18.4 Å². The van der Waals surface area contributed by atoms with Gasteiger partial charge < -0.3 is 20.5 Å². The second-order valence-electron chi connectivity index (χ2n) is 5.52. The number of rotatable bonds is 6. The van der Waals surface area contributed by atoms with Crippen molar-refractivity contribution in [1.29, 1.82) is 0 Å². The summed E-state index contributed by atoms with van der Waals surface area (Å²) in [4.78, 5) is 11.5. The summed E-state index contributed by atoms with van der Waals surface area (Å²) in [5.41, 5.74) is 6.47. The van der Waals surface area contributed by atoms with Gasteiger partial charge in [-0.15, -0.1) is 12.4 Å². The van der Waals surface area contributed by atoms with E-state index >= 15 is 0 Å². The zero-order valence-electron chi connectivity index (χ0n) is 13.1. The predicted molar refractivity (Wildman–Crippen MR) is 88.6 cm³/mol. The van der Waals surface area contributed by atoms with Gasteiger partial charge in [-0.05, 0) is 50.3 Å². The molecule has 2 rings (SSSR count). The number of halogens is 1. The number of amides is 1. The zero-order valence-corrected chi connectivity index (χ0v) is 13.9. The van der Waals surface area contributed by atoms with Crippen molar-refractivity contribution in [2.75, 3.05) is 7.11 Å². The van der Waals surface area contributed by atoms with Crippen molar-refractivity contribution < 1.29 is 14.3 Å². The fourth-order valence-electron chi connectivity index (χ4n) is 2.46. The largest absolute Gasteiger partial charge is 0.493 e. The zero-order chi connectivity index (χ0) is 15.2. The van der Waals surface area contributed by atoms with Gasteiger partial charge in [-0.3, -0.25) is 4.79 Å². The Bertz CT molecular complexity index is 488. The van der Waals surface area contributed by atoms with Crippen LogP contribution in [0.3, 0.4) is 0 Å². The van der Waals surface area contributed by atoms with Crippen LogP contribution in [0.1, 0.15) is 38.2 Å². The van der Waals surface area contributed by atoms with E-state index in [2.05, 4.69) is 5.32 Å². The van der Waals surface area contributed by atoms with E-state index in [4.69, 9.17) is 15.2 Å². The molecule has 1 amide bonds. The molecule has 0 radical (unpaired) electrons.